The van der Waals surface area contributed by atoms with E-state index in [4.69, 9.17) is 15.2 Å². The molecule has 2 aliphatic rings. The van der Waals surface area contributed by atoms with Crippen molar-refractivity contribution in [3.8, 4) is 11.5 Å². The Hall–Kier alpha value is -1.75. The molecule has 1 aliphatic heterocycles. The van der Waals surface area contributed by atoms with Gasteiger partial charge in [0.25, 0.3) is 0 Å². The lowest BCUT2D eigenvalue weighted by Crippen LogP contribution is -2.34. The van der Waals surface area contributed by atoms with Crippen LogP contribution in [-0.4, -0.2) is 25.2 Å². The second kappa shape index (κ2) is 5.93. The summed E-state index contributed by atoms with van der Waals surface area (Å²) in [6, 6.07) is 5.71. The van der Waals surface area contributed by atoms with E-state index in [1.807, 2.05) is 25.1 Å². The van der Waals surface area contributed by atoms with Crippen LogP contribution in [0.5, 0.6) is 11.5 Å². The minimum atomic E-state index is -0.0697. The highest BCUT2D eigenvalue weighted by molar-refractivity contribution is 5.77. The van der Waals surface area contributed by atoms with Gasteiger partial charge in [0.2, 0.25) is 5.91 Å². The van der Waals surface area contributed by atoms with Crippen LogP contribution < -0.4 is 20.5 Å². The van der Waals surface area contributed by atoms with Gasteiger partial charge in [-0.3, -0.25) is 4.79 Å². The van der Waals surface area contributed by atoms with E-state index < -0.39 is 0 Å². The third-order valence-electron chi connectivity index (χ3n) is 4.09. The lowest BCUT2D eigenvalue weighted by molar-refractivity contribution is -0.122. The fourth-order valence-electron chi connectivity index (χ4n) is 2.62. The van der Waals surface area contributed by atoms with E-state index in [0.29, 0.717) is 25.6 Å². The van der Waals surface area contributed by atoms with Gasteiger partial charge in [0.1, 0.15) is 13.2 Å². The van der Waals surface area contributed by atoms with Gasteiger partial charge in [-0.1, -0.05) is 6.07 Å². The van der Waals surface area contributed by atoms with E-state index in [0.717, 1.165) is 29.9 Å². The summed E-state index contributed by atoms with van der Waals surface area (Å²) in [5.41, 5.74) is 7.00. The molecule has 0 spiro atoms. The molecular formula is C16H22N2O3. The molecule has 114 valence electrons. The Balaban J connectivity index is 1.59. The lowest BCUT2D eigenvalue weighted by Gasteiger charge is -2.21. The maximum Gasteiger partial charge on any atom is 0.222 e. The number of ether oxygens (including phenoxy) is 2. The van der Waals surface area contributed by atoms with Gasteiger partial charge in [-0.2, -0.15) is 0 Å². The Morgan fingerprint density at radius 3 is 2.76 bits per heavy atom. The Bertz CT molecular complexity index is 528. The predicted molar refractivity (Wildman–Crippen MR) is 79.3 cm³/mol. The first-order valence-electron chi connectivity index (χ1n) is 7.58. The number of rotatable bonds is 5. The summed E-state index contributed by atoms with van der Waals surface area (Å²) in [4.78, 5) is 12.0. The number of benzene rings is 1. The standard InChI is InChI=1S/C16H22N2O3/c1-10(18-16(19)9-13(17)11-2-3-11)12-4-5-14-15(8-12)21-7-6-20-14/h4-5,8,10-11,13H,2-3,6-7,9,17H2,1H3,(H,18,19). The van der Waals surface area contributed by atoms with E-state index in [-0.39, 0.29) is 18.0 Å². The topological polar surface area (TPSA) is 73.6 Å². The molecule has 1 saturated carbocycles. The van der Waals surface area contributed by atoms with E-state index in [1.54, 1.807) is 0 Å². The number of hydrogen-bond acceptors (Lipinski definition) is 4. The molecule has 3 N–H and O–H groups in total. The summed E-state index contributed by atoms with van der Waals surface area (Å²) < 4.78 is 11.1. The van der Waals surface area contributed by atoms with Gasteiger partial charge in [0, 0.05) is 12.5 Å². The molecule has 2 atom stereocenters. The zero-order valence-electron chi connectivity index (χ0n) is 12.3. The number of nitrogens with two attached hydrogens (primary N) is 1. The maximum atomic E-state index is 12.0. The minimum Gasteiger partial charge on any atom is -0.486 e. The first kappa shape index (κ1) is 14.2. The zero-order chi connectivity index (χ0) is 14.8. The Kier molecular flexibility index (Phi) is 4.01. The highest BCUT2D eigenvalue weighted by atomic mass is 16.6. The maximum absolute atomic E-state index is 12.0. The molecule has 5 heteroatoms. The van der Waals surface area contributed by atoms with Gasteiger partial charge in [-0.15, -0.1) is 0 Å². The van der Waals surface area contributed by atoms with Crippen LogP contribution >= 0.6 is 0 Å². The number of amides is 1. The number of carbonyl (C=O) groups is 1. The Morgan fingerprint density at radius 2 is 2.05 bits per heavy atom. The van der Waals surface area contributed by atoms with Crippen LogP contribution in [0.25, 0.3) is 0 Å². The lowest BCUT2D eigenvalue weighted by atomic mass is 10.1. The van der Waals surface area contributed by atoms with Crippen molar-refractivity contribution in [2.24, 2.45) is 11.7 Å². The molecule has 21 heavy (non-hydrogen) atoms. The van der Waals surface area contributed by atoms with Crippen LogP contribution in [0.2, 0.25) is 0 Å². The molecule has 1 amide bonds. The average molecular weight is 290 g/mol. The van der Waals surface area contributed by atoms with E-state index in [9.17, 15) is 4.79 Å². The smallest absolute Gasteiger partial charge is 0.222 e. The summed E-state index contributed by atoms with van der Waals surface area (Å²) in [5, 5.41) is 3.00. The van der Waals surface area contributed by atoms with Gasteiger partial charge in [0.05, 0.1) is 6.04 Å². The molecular weight excluding hydrogens is 268 g/mol. The van der Waals surface area contributed by atoms with Gasteiger partial charge in [0.15, 0.2) is 11.5 Å². The van der Waals surface area contributed by atoms with Crippen LogP contribution in [0.1, 0.15) is 37.8 Å². The fraction of sp³-hybridized carbons (Fsp3) is 0.562. The normalized spacial score (nSPS) is 19.7. The van der Waals surface area contributed by atoms with E-state index in [1.165, 1.54) is 0 Å². The Labute approximate surface area is 124 Å². The molecule has 0 aromatic heterocycles. The highest BCUT2D eigenvalue weighted by Gasteiger charge is 2.30. The summed E-state index contributed by atoms with van der Waals surface area (Å²) in [6.07, 6.45) is 2.72. The number of fused-ring (bicyclic) bond motifs is 1. The molecule has 5 nitrogen and oxygen atoms in total. The van der Waals surface area contributed by atoms with Crippen molar-refractivity contribution in [1.82, 2.24) is 5.32 Å². The summed E-state index contributed by atoms with van der Waals surface area (Å²) >= 11 is 0. The van der Waals surface area contributed by atoms with Crippen molar-refractivity contribution in [1.29, 1.82) is 0 Å². The zero-order valence-corrected chi connectivity index (χ0v) is 12.3. The van der Waals surface area contributed by atoms with Crippen molar-refractivity contribution < 1.29 is 14.3 Å². The second-order valence-electron chi connectivity index (χ2n) is 5.90. The van der Waals surface area contributed by atoms with Crippen LogP contribution in [0.4, 0.5) is 0 Å². The molecule has 1 aromatic carbocycles. The fourth-order valence-corrected chi connectivity index (χ4v) is 2.62. The predicted octanol–water partition coefficient (Wildman–Crippen LogP) is 1.76. The number of hydrogen-bond donors (Lipinski definition) is 2. The third-order valence-corrected chi connectivity index (χ3v) is 4.09. The molecule has 2 unspecified atom stereocenters. The van der Waals surface area contributed by atoms with Crippen molar-refractivity contribution in [3.05, 3.63) is 23.8 Å². The molecule has 1 heterocycles. The average Bonchev–Trinajstić information content (AvgIpc) is 3.31. The third kappa shape index (κ3) is 3.47. The molecule has 0 saturated heterocycles. The molecule has 3 rings (SSSR count). The monoisotopic (exact) mass is 290 g/mol. The van der Waals surface area contributed by atoms with E-state index in [2.05, 4.69) is 5.32 Å². The van der Waals surface area contributed by atoms with Crippen LogP contribution in [-0.2, 0) is 4.79 Å². The van der Waals surface area contributed by atoms with Gasteiger partial charge in [-0.25, -0.2) is 0 Å². The van der Waals surface area contributed by atoms with Crippen LogP contribution in [0.3, 0.4) is 0 Å². The van der Waals surface area contributed by atoms with Gasteiger partial charge in [-0.05, 0) is 43.4 Å². The molecule has 0 bridgehead atoms. The Morgan fingerprint density at radius 1 is 1.33 bits per heavy atom. The summed E-state index contributed by atoms with van der Waals surface area (Å²) in [6.45, 7) is 3.11. The molecule has 1 aromatic rings. The number of nitrogens with one attached hydrogen (secondary N) is 1. The van der Waals surface area contributed by atoms with Crippen LogP contribution in [0.15, 0.2) is 18.2 Å². The molecule has 1 fully saturated rings. The van der Waals surface area contributed by atoms with Crippen LogP contribution in [0, 0.1) is 5.92 Å². The van der Waals surface area contributed by atoms with Crippen molar-refractivity contribution in [2.45, 2.75) is 38.3 Å². The van der Waals surface area contributed by atoms with Gasteiger partial charge < -0.3 is 20.5 Å². The largest absolute Gasteiger partial charge is 0.486 e. The quantitative estimate of drug-likeness (QED) is 0.866. The first-order valence-corrected chi connectivity index (χ1v) is 7.58. The minimum absolute atomic E-state index is 0.00235. The van der Waals surface area contributed by atoms with Crippen molar-refractivity contribution >= 4 is 5.91 Å². The first-order chi connectivity index (χ1) is 10.1. The second-order valence-corrected chi connectivity index (χ2v) is 5.90. The van der Waals surface area contributed by atoms with Crippen molar-refractivity contribution in [2.75, 3.05) is 13.2 Å². The van der Waals surface area contributed by atoms with Crippen molar-refractivity contribution in [3.63, 3.8) is 0 Å². The summed E-state index contributed by atoms with van der Waals surface area (Å²) in [7, 11) is 0. The summed E-state index contributed by atoms with van der Waals surface area (Å²) in [5.74, 6) is 2.06. The van der Waals surface area contributed by atoms with Gasteiger partial charge >= 0.3 is 0 Å². The molecule has 0 radical (unpaired) electrons. The SMILES string of the molecule is CC(NC(=O)CC(N)C1CC1)c1ccc2c(c1)OCCO2. The van der Waals surface area contributed by atoms with E-state index >= 15 is 0 Å². The molecule has 1 aliphatic carbocycles. The highest BCUT2D eigenvalue weighted by Crippen LogP contribution is 2.34. The number of carbonyl (C=O) groups excluding carboxylic acids is 1.